The molecule has 23 heavy (non-hydrogen) atoms. The van der Waals surface area contributed by atoms with E-state index in [1.807, 2.05) is 11.0 Å². The SMILES string of the molecule is COc1cc2c(cc1OC)CN(C(=O)CCC1CCCC1)CC2. The monoisotopic (exact) mass is 317 g/mol. The van der Waals surface area contributed by atoms with Crippen molar-refractivity contribution < 1.29 is 14.3 Å². The molecule has 0 atom stereocenters. The van der Waals surface area contributed by atoms with Gasteiger partial charge in [0.1, 0.15) is 0 Å². The quantitative estimate of drug-likeness (QED) is 0.833. The molecule has 0 aromatic heterocycles. The minimum atomic E-state index is 0.303. The molecule has 2 aliphatic rings. The lowest BCUT2D eigenvalue weighted by Crippen LogP contribution is -2.36. The highest BCUT2D eigenvalue weighted by molar-refractivity contribution is 5.76. The van der Waals surface area contributed by atoms with Gasteiger partial charge >= 0.3 is 0 Å². The Morgan fingerprint density at radius 1 is 1.13 bits per heavy atom. The third-order valence-electron chi connectivity index (χ3n) is 5.31. The van der Waals surface area contributed by atoms with Gasteiger partial charge in [-0.2, -0.15) is 0 Å². The minimum absolute atomic E-state index is 0.303. The van der Waals surface area contributed by atoms with Crippen LogP contribution in [-0.2, 0) is 17.8 Å². The molecule has 0 spiro atoms. The van der Waals surface area contributed by atoms with Gasteiger partial charge in [0.15, 0.2) is 11.5 Å². The molecular weight excluding hydrogens is 290 g/mol. The lowest BCUT2D eigenvalue weighted by Gasteiger charge is -2.30. The van der Waals surface area contributed by atoms with Crippen molar-refractivity contribution in [3.05, 3.63) is 23.3 Å². The zero-order chi connectivity index (χ0) is 16.2. The summed E-state index contributed by atoms with van der Waals surface area (Å²) >= 11 is 0. The van der Waals surface area contributed by atoms with Crippen LogP contribution in [0.15, 0.2) is 12.1 Å². The fraction of sp³-hybridized carbons (Fsp3) is 0.632. The van der Waals surface area contributed by atoms with Crippen LogP contribution in [0.2, 0.25) is 0 Å². The average Bonchev–Trinajstić information content (AvgIpc) is 3.11. The summed E-state index contributed by atoms with van der Waals surface area (Å²) in [6, 6.07) is 4.07. The molecule has 1 aliphatic carbocycles. The van der Waals surface area contributed by atoms with Gasteiger partial charge in [-0.25, -0.2) is 0 Å². The normalized spacial score (nSPS) is 17.9. The van der Waals surface area contributed by atoms with E-state index in [4.69, 9.17) is 9.47 Å². The summed E-state index contributed by atoms with van der Waals surface area (Å²) in [5, 5.41) is 0. The van der Waals surface area contributed by atoms with Crippen LogP contribution < -0.4 is 9.47 Å². The molecule has 0 unspecified atom stereocenters. The van der Waals surface area contributed by atoms with Crippen molar-refractivity contribution in [2.24, 2.45) is 5.92 Å². The van der Waals surface area contributed by atoms with E-state index in [2.05, 4.69) is 6.07 Å². The molecular formula is C19H27NO3. The second-order valence-electron chi connectivity index (χ2n) is 6.73. The van der Waals surface area contributed by atoms with E-state index in [1.54, 1.807) is 14.2 Å². The zero-order valence-electron chi connectivity index (χ0n) is 14.3. The van der Waals surface area contributed by atoms with Gasteiger partial charge in [-0.05, 0) is 42.0 Å². The summed E-state index contributed by atoms with van der Waals surface area (Å²) < 4.78 is 10.8. The fourth-order valence-electron chi connectivity index (χ4n) is 3.88. The molecule has 1 saturated carbocycles. The first kappa shape index (κ1) is 16.2. The van der Waals surface area contributed by atoms with E-state index in [0.717, 1.165) is 36.8 Å². The van der Waals surface area contributed by atoms with E-state index in [-0.39, 0.29) is 0 Å². The predicted octanol–water partition coefficient (Wildman–Crippen LogP) is 3.56. The summed E-state index contributed by atoms with van der Waals surface area (Å²) in [5.41, 5.74) is 2.45. The predicted molar refractivity (Wildman–Crippen MR) is 89.9 cm³/mol. The van der Waals surface area contributed by atoms with Crippen molar-refractivity contribution in [2.75, 3.05) is 20.8 Å². The van der Waals surface area contributed by atoms with Crippen molar-refractivity contribution >= 4 is 5.91 Å². The number of rotatable bonds is 5. The third-order valence-corrected chi connectivity index (χ3v) is 5.31. The van der Waals surface area contributed by atoms with Crippen LogP contribution in [0.25, 0.3) is 0 Å². The maximum absolute atomic E-state index is 12.5. The standard InChI is InChI=1S/C19H27NO3/c1-22-17-11-15-9-10-20(13-16(15)12-18(17)23-2)19(21)8-7-14-5-3-4-6-14/h11-12,14H,3-10,13H2,1-2H3. The lowest BCUT2D eigenvalue weighted by molar-refractivity contribution is -0.132. The van der Waals surface area contributed by atoms with Crippen molar-refractivity contribution in [3.8, 4) is 11.5 Å². The number of carbonyl (C=O) groups is 1. The highest BCUT2D eigenvalue weighted by atomic mass is 16.5. The summed E-state index contributed by atoms with van der Waals surface area (Å²) in [5.74, 6) is 2.59. The molecule has 1 amide bonds. The summed E-state index contributed by atoms with van der Waals surface area (Å²) in [6.45, 7) is 1.51. The van der Waals surface area contributed by atoms with Crippen molar-refractivity contribution in [1.82, 2.24) is 4.90 Å². The van der Waals surface area contributed by atoms with Gasteiger partial charge in [0.2, 0.25) is 5.91 Å². The fourth-order valence-corrected chi connectivity index (χ4v) is 3.88. The molecule has 1 heterocycles. The van der Waals surface area contributed by atoms with Gasteiger partial charge in [-0.1, -0.05) is 25.7 Å². The minimum Gasteiger partial charge on any atom is -0.493 e. The van der Waals surface area contributed by atoms with Gasteiger partial charge in [0.25, 0.3) is 0 Å². The highest BCUT2D eigenvalue weighted by Crippen LogP contribution is 2.34. The molecule has 0 radical (unpaired) electrons. The molecule has 0 N–H and O–H groups in total. The lowest BCUT2D eigenvalue weighted by atomic mass is 9.97. The second-order valence-corrected chi connectivity index (χ2v) is 6.73. The zero-order valence-corrected chi connectivity index (χ0v) is 14.3. The van der Waals surface area contributed by atoms with E-state index in [1.165, 1.54) is 36.8 Å². The van der Waals surface area contributed by atoms with Crippen molar-refractivity contribution in [2.45, 2.75) is 51.5 Å². The Bertz CT molecular complexity index is 564. The molecule has 0 saturated heterocycles. The van der Waals surface area contributed by atoms with E-state index >= 15 is 0 Å². The van der Waals surface area contributed by atoms with Crippen LogP contribution in [0.3, 0.4) is 0 Å². The van der Waals surface area contributed by atoms with Gasteiger partial charge in [-0.15, -0.1) is 0 Å². The molecule has 0 bridgehead atoms. The summed E-state index contributed by atoms with van der Waals surface area (Å²) in [6.07, 6.45) is 7.97. The van der Waals surface area contributed by atoms with Crippen LogP contribution in [-0.4, -0.2) is 31.6 Å². The van der Waals surface area contributed by atoms with E-state index in [9.17, 15) is 4.79 Å². The van der Waals surface area contributed by atoms with Crippen molar-refractivity contribution in [3.63, 3.8) is 0 Å². The molecule has 3 rings (SSSR count). The van der Waals surface area contributed by atoms with Crippen molar-refractivity contribution in [1.29, 1.82) is 0 Å². The van der Waals surface area contributed by atoms with E-state index < -0.39 is 0 Å². The maximum atomic E-state index is 12.5. The Balaban J connectivity index is 1.63. The number of fused-ring (bicyclic) bond motifs is 1. The number of hydrogen-bond donors (Lipinski definition) is 0. The van der Waals surface area contributed by atoms with E-state index in [0.29, 0.717) is 18.9 Å². The van der Waals surface area contributed by atoms with Gasteiger partial charge in [-0.3, -0.25) is 4.79 Å². The summed E-state index contributed by atoms with van der Waals surface area (Å²) in [4.78, 5) is 14.5. The summed E-state index contributed by atoms with van der Waals surface area (Å²) in [7, 11) is 3.31. The van der Waals surface area contributed by atoms with Gasteiger partial charge in [0.05, 0.1) is 14.2 Å². The van der Waals surface area contributed by atoms with Gasteiger partial charge < -0.3 is 14.4 Å². The molecule has 126 valence electrons. The van der Waals surface area contributed by atoms with Crippen LogP contribution in [0.5, 0.6) is 11.5 Å². The first-order valence-electron chi connectivity index (χ1n) is 8.73. The smallest absolute Gasteiger partial charge is 0.222 e. The number of amides is 1. The Hall–Kier alpha value is -1.71. The third kappa shape index (κ3) is 3.62. The molecule has 4 nitrogen and oxygen atoms in total. The number of ether oxygens (including phenoxy) is 2. The molecule has 4 heteroatoms. The number of carbonyl (C=O) groups excluding carboxylic acids is 1. The highest BCUT2D eigenvalue weighted by Gasteiger charge is 2.24. The topological polar surface area (TPSA) is 38.8 Å². The number of nitrogens with zero attached hydrogens (tertiary/aromatic N) is 1. The van der Waals surface area contributed by atoms with Crippen LogP contribution >= 0.6 is 0 Å². The molecule has 1 aromatic rings. The second kappa shape index (κ2) is 7.24. The number of benzene rings is 1. The Kier molecular flexibility index (Phi) is 5.09. The van der Waals surface area contributed by atoms with Crippen LogP contribution in [0.1, 0.15) is 49.7 Å². The molecule has 1 fully saturated rings. The van der Waals surface area contributed by atoms with Crippen LogP contribution in [0.4, 0.5) is 0 Å². The van der Waals surface area contributed by atoms with Gasteiger partial charge in [0, 0.05) is 19.5 Å². The largest absolute Gasteiger partial charge is 0.493 e. The first-order chi connectivity index (χ1) is 11.2. The Morgan fingerprint density at radius 2 is 1.78 bits per heavy atom. The molecule has 1 aliphatic heterocycles. The Morgan fingerprint density at radius 3 is 2.43 bits per heavy atom. The number of methoxy groups -OCH3 is 2. The average molecular weight is 317 g/mol. The molecule has 1 aromatic carbocycles. The first-order valence-corrected chi connectivity index (χ1v) is 8.73. The van der Waals surface area contributed by atoms with Crippen LogP contribution in [0, 0.1) is 5.92 Å². The Labute approximate surface area is 138 Å². The maximum Gasteiger partial charge on any atom is 0.222 e. The number of hydrogen-bond acceptors (Lipinski definition) is 3.